The molecule has 0 saturated carbocycles. The summed E-state index contributed by atoms with van der Waals surface area (Å²) in [5.41, 5.74) is 1.26. The zero-order valence-electron chi connectivity index (χ0n) is 13.1. The van der Waals surface area contributed by atoms with Crippen LogP contribution in [0.4, 0.5) is 5.13 Å². The zero-order chi connectivity index (χ0) is 16.5. The van der Waals surface area contributed by atoms with E-state index in [0.717, 1.165) is 28.9 Å². The molecule has 8 heteroatoms. The molecule has 3 aromatic rings. The Bertz CT molecular complexity index is 902. The van der Waals surface area contributed by atoms with Crippen LogP contribution in [-0.2, 0) is 6.54 Å². The predicted octanol–water partition coefficient (Wildman–Crippen LogP) is 2.93. The summed E-state index contributed by atoms with van der Waals surface area (Å²) >= 11 is 1.41. The number of rotatable bonds is 4. The van der Waals surface area contributed by atoms with Crippen molar-refractivity contribution in [2.24, 2.45) is 0 Å². The van der Waals surface area contributed by atoms with E-state index in [1.807, 2.05) is 25.1 Å². The van der Waals surface area contributed by atoms with Gasteiger partial charge in [-0.05, 0) is 25.1 Å². The molecule has 1 aliphatic heterocycles. The number of nitrogens with zero attached hydrogens (tertiary/aromatic N) is 3. The minimum atomic E-state index is -0.262. The second kappa shape index (κ2) is 6.12. The van der Waals surface area contributed by atoms with Gasteiger partial charge in [0.15, 0.2) is 5.13 Å². The standard InChI is InChI=1S/C16H16N4O3S/c1-2-22-10-4-5-12-13(8-10)24-16(18-12)19-14(21)11-9-17-20-6-3-7-23-15(11)20/h4-5,8-9H,2-3,6-7H2,1H3,(H,18,19,21). The Morgan fingerprint density at radius 3 is 3.29 bits per heavy atom. The van der Waals surface area contributed by atoms with Crippen LogP contribution in [0.2, 0.25) is 0 Å². The number of thiazole rings is 1. The molecule has 2 aromatic heterocycles. The Morgan fingerprint density at radius 1 is 1.50 bits per heavy atom. The van der Waals surface area contributed by atoms with Crippen LogP contribution >= 0.6 is 11.3 Å². The van der Waals surface area contributed by atoms with E-state index in [-0.39, 0.29) is 5.91 Å². The number of amides is 1. The molecule has 1 aromatic carbocycles. The molecule has 1 aliphatic rings. The van der Waals surface area contributed by atoms with Gasteiger partial charge in [-0.1, -0.05) is 11.3 Å². The van der Waals surface area contributed by atoms with Crippen molar-refractivity contribution in [3.05, 3.63) is 30.0 Å². The van der Waals surface area contributed by atoms with Crippen LogP contribution in [0.1, 0.15) is 23.7 Å². The molecule has 0 bridgehead atoms. The Kier molecular flexibility index (Phi) is 3.81. The van der Waals surface area contributed by atoms with E-state index in [9.17, 15) is 4.79 Å². The molecule has 0 unspecified atom stereocenters. The highest BCUT2D eigenvalue weighted by Gasteiger charge is 2.22. The van der Waals surface area contributed by atoms with Crippen molar-refractivity contribution in [3.8, 4) is 11.6 Å². The summed E-state index contributed by atoms with van der Waals surface area (Å²) in [5.74, 6) is 1.06. The topological polar surface area (TPSA) is 78.3 Å². The summed E-state index contributed by atoms with van der Waals surface area (Å²) < 4.78 is 13.7. The molecule has 0 fully saturated rings. The van der Waals surface area contributed by atoms with Crippen LogP contribution in [0.25, 0.3) is 10.2 Å². The number of aryl methyl sites for hydroxylation is 1. The van der Waals surface area contributed by atoms with E-state index in [1.165, 1.54) is 17.5 Å². The summed E-state index contributed by atoms with van der Waals surface area (Å²) in [6, 6.07) is 5.69. The number of aromatic nitrogens is 3. The fourth-order valence-corrected chi connectivity index (χ4v) is 3.49. The molecule has 3 heterocycles. The van der Waals surface area contributed by atoms with Crippen LogP contribution in [0.15, 0.2) is 24.4 Å². The van der Waals surface area contributed by atoms with Crippen molar-refractivity contribution in [1.29, 1.82) is 0 Å². The van der Waals surface area contributed by atoms with Gasteiger partial charge in [-0.3, -0.25) is 10.1 Å². The zero-order valence-corrected chi connectivity index (χ0v) is 13.9. The van der Waals surface area contributed by atoms with Crippen molar-refractivity contribution < 1.29 is 14.3 Å². The lowest BCUT2D eigenvalue weighted by molar-refractivity contribution is 0.102. The van der Waals surface area contributed by atoms with E-state index in [1.54, 1.807) is 4.68 Å². The van der Waals surface area contributed by atoms with Gasteiger partial charge in [0.1, 0.15) is 11.3 Å². The fourth-order valence-electron chi connectivity index (χ4n) is 2.60. The Labute approximate surface area is 142 Å². The molecule has 0 radical (unpaired) electrons. The van der Waals surface area contributed by atoms with Crippen molar-refractivity contribution in [2.45, 2.75) is 19.9 Å². The Balaban J connectivity index is 1.57. The van der Waals surface area contributed by atoms with Crippen LogP contribution in [-0.4, -0.2) is 33.9 Å². The summed E-state index contributed by atoms with van der Waals surface area (Å²) in [6.45, 7) is 3.93. The molecule has 4 rings (SSSR count). The van der Waals surface area contributed by atoms with E-state index in [0.29, 0.717) is 29.8 Å². The molecule has 1 N–H and O–H groups in total. The second-order valence-electron chi connectivity index (χ2n) is 5.32. The lowest BCUT2D eigenvalue weighted by Gasteiger charge is -2.15. The largest absolute Gasteiger partial charge is 0.494 e. The van der Waals surface area contributed by atoms with Gasteiger partial charge in [-0.25, -0.2) is 9.67 Å². The quantitative estimate of drug-likeness (QED) is 0.787. The number of fused-ring (bicyclic) bond motifs is 2. The number of hydrogen-bond donors (Lipinski definition) is 1. The molecule has 24 heavy (non-hydrogen) atoms. The van der Waals surface area contributed by atoms with Crippen LogP contribution < -0.4 is 14.8 Å². The van der Waals surface area contributed by atoms with Gasteiger partial charge in [0.2, 0.25) is 5.88 Å². The summed E-state index contributed by atoms with van der Waals surface area (Å²) in [6.07, 6.45) is 2.44. The monoisotopic (exact) mass is 344 g/mol. The predicted molar refractivity (Wildman–Crippen MR) is 91.1 cm³/mol. The number of carbonyl (C=O) groups is 1. The van der Waals surface area contributed by atoms with Gasteiger partial charge in [-0.15, -0.1) is 0 Å². The molecule has 124 valence electrons. The first-order valence-corrected chi connectivity index (χ1v) is 8.59. The Hall–Kier alpha value is -2.61. The molecule has 0 atom stereocenters. The second-order valence-corrected chi connectivity index (χ2v) is 6.35. The number of ether oxygens (including phenoxy) is 2. The highest BCUT2D eigenvalue weighted by molar-refractivity contribution is 7.22. The summed E-state index contributed by atoms with van der Waals surface area (Å²) in [4.78, 5) is 16.9. The minimum Gasteiger partial charge on any atom is -0.494 e. The average molecular weight is 344 g/mol. The third-order valence-corrected chi connectivity index (χ3v) is 4.61. The van der Waals surface area contributed by atoms with Crippen molar-refractivity contribution >= 4 is 32.6 Å². The summed E-state index contributed by atoms with van der Waals surface area (Å²) in [7, 11) is 0. The molecule has 7 nitrogen and oxygen atoms in total. The Morgan fingerprint density at radius 2 is 2.42 bits per heavy atom. The fraction of sp³-hybridized carbons (Fsp3) is 0.312. The van der Waals surface area contributed by atoms with Crippen LogP contribution in [0.3, 0.4) is 0 Å². The number of anilines is 1. The average Bonchev–Trinajstić information content (AvgIpc) is 3.18. The molecule has 1 amide bonds. The molecule has 0 saturated heterocycles. The van der Waals surface area contributed by atoms with E-state index >= 15 is 0 Å². The van der Waals surface area contributed by atoms with Crippen molar-refractivity contribution in [3.63, 3.8) is 0 Å². The first-order valence-electron chi connectivity index (χ1n) is 7.78. The number of benzene rings is 1. The van der Waals surface area contributed by atoms with E-state index in [4.69, 9.17) is 9.47 Å². The maximum absolute atomic E-state index is 12.5. The SMILES string of the molecule is CCOc1ccc2nc(NC(=O)c3cnn4c3OCCC4)sc2c1. The van der Waals surface area contributed by atoms with Gasteiger partial charge >= 0.3 is 0 Å². The van der Waals surface area contributed by atoms with Crippen LogP contribution in [0, 0.1) is 0 Å². The lowest BCUT2D eigenvalue weighted by atomic mass is 10.3. The summed E-state index contributed by atoms with van der Waals surface area (Å²) in [5, 5.41) is 7.56. The lowest BCUT2D eigenvalue weighted by Crippen LogP contribution is -2.18. The van der Waals surface area contributed by atoms with Gasteiger partial charge in [-0.2, -0.15) is 5.10 Å². The smallest absolute Gasteiger partial charge is 0.264 e. The molecule has 0 spiro atoms. The third kappa shape index (κ3) is 2.69. The van der Waals surface area contributed by atoms with Gasteiger partial charge in [0.25, 0.3) is 5.91 Å². The number of nitrogens with one attached hydrogen (secondary N) is 1. The van der Waals surface area contributed by atoms with E-state index in [2.05, 4.69) is 15.4 Å². The highest BCUT2D eigenvalue weighted by Crippen LogP contribution is 2.30. The van der Waals surface area contributed by atoms with Gasteiger partial charge in [0, 0.05) is 13.0 Å². The van der Waals surface area contributed by atoms with Gasteiger partial charge < -0.3 is 9.47 Å². The minimum absolute atomic E-state index is 0.262. The molecular weight excluding hydrogens is 328 g/mol. The van der Waals surface area contributed by atoms with Gasteiger partial charge in [0.05, 0.1) is 29.6 Å². The number of carbonyl (C=O) groups excluding carboxylic acids is 1. The highest BCUT2D eigenvalue weighted by atomic mass is 32.1. The third-order valence-electron chi connectivity index (χ3n) is 3.68. The number of hydrogen-bond acceptors (Lipinski definition) is 6. The van der Waals surface area contributed by atoms with Crippen molar-refractivity contribution in [2.75, 3.05) is 18.5 Å². The molecule has 0 aliphatic carbocycles. The molecular formula is C16H16N4O3S. The maximum atomic E-state index is 12.5. The van der Waals surface area contributed by atoms with E-state index < -0.39 is 0 Å². The first-order chi connectivity index (χ1) is 11.7. The maximum Gasteiger partial charge on any atom is 0.264 e. The van der Waals surface area contributed by atoms with Crippen LogP contribution in [0.5, 0.6) is 11.6 Å². The van der Waals surface area contributed by atoms with Crippen molar-refractivity contribution in [1.82, 2.24) is 14.8 Å². The normalized spacial score (nSPS) is 13.4. The first kappa shape index (κ1) is 14.9.